The third-order valence-corrected chi connectivity index (χ3v) is 5.19. The van der Waals surface area contributed by atoms with Gasteiger partial charge in [-0.2, -0.15) is 0 Å². The molecule has 0 spiro atoms. The number of rotatable bonds is 6. The van der Waals surface area contributed by atoms with Crippen molar-refractivity contribution in [2.45, 2.75) is 19.3 Å². The molecule has 0 bridgehead atoms. The summed E-state index contributed by atoms with van der Waals surface area (Å²) in [5.41, 5.74) is 0.992. The number of likely N-dealkylation sites (tertiary alicyclic amines) is 1. The van der Waals surface area contributed by atoms with Crippen LogP contribution in [-0.2, 0) is 20.7 Å². The molecular formula is C20H28FN3O3. The van der Waals surface area contributed by atoms with Gasteiger partial charge >= 0.3 is 0 Å². The summed E-state index contributed by atoms with van der Waals surface area (Å²) in [4.78, 5) is 28.8. The van der Waals surface area contributed by atoms with Gasteiger partial charge in [0, 0.05) is 26.2 Å². The summed E-state index contributed by atoms with van der Waals surface area (Å²) in [6, 6.07) is 6.31. The smallest absolute Gasteiger partial charge is 0.234 e. The summed E-state index contributed by atoms with van der Waals surface area (Å²) >= 11 is 0. The van der Waals surface area contributed by atoms with Gasteiger partial charge in [-0.1, -0.05) is 12.1 Å². The Hall–Kier alpha value is -1.99. The first-order chi connectivity index (χ1) is 13.1. The van der Waals surface area contributed by atoms with E-state index >= 15 is 0 Å². The largest absolute Gasteiger partial charge is 0.378 e. The van der Waals surface area contributed by atoms with Crippen molar-refractivity contribution in [3.63, 3.8) is 0 Å². The van der Waals surface area contributed by atoms with Crippen molar-refractivity contribution in [2.75, 3.05) is 52.5 Å². The van der Waals surface area contributed by atoms with Gasteiger partial charge in [0.15, 0.2) is 0 Å². The zero-order valence-electron chi connectivity index (χ0n) is 15.7. The average Bonchev–Trinajstić information content (AvgIpc) is 2.70. The molecule has 7 heteroatoms. The maximum absolute atomic E-state index is 12.9. The molecule has 6 nitrogen and oxygen atoms in total. The molecular weight excluding hydrogens is 349 g/mol. The number of halogens is 1. The van der Waals surface area contributed by atoms with Crippen LogP contribution < -0.4 is 5.32 Å². The SMILES string of the molecule is O=C(CN1CCCC(C(=O)N2CCOCC2)C1)NCCc1ccc(F)cc1. The standard InChI is InChI=1S/C20H28FN3O3/c21-18-5-3-16(4-6-18)7-8-22-19(25)15-23-9-1-2-17(14-23)20(26)24-10-12-27-13-11-24/h3-6,17H,1-2,7-15H2,(H,22,25). The molecule has 0 aromatic heterocycles. The Balaban J connectivity index is 1.39. The Morgan fingerprint density at radius 1 is 1.15 bits per heavy atom. The Kier molecular flexibility index (Phi) is 7.18. The lowest BCUT2D eigenvalue weighted by Crippen LogP contribution is -2.50. The fourth-order valence-corrected chi connectivity index (χ4v) is 3.70. The molecule has 2 heterocycles. The van der Waals surface area contributed by atoms with Crippen molar-refractivity contribution in [1.29, 1.82) is 0 Å². The Morgan fingerprint density at radius 2 is 1.89 bits per heavy atom. The molecule has 1 aromatic rings. The van der Waals surface area contributed by atoms with Crippen LogP contribution in [0.2, 0.25) is 0 Å². The highest BCUT2D eigenvalue weighted by atomic mass is 19.1. The highest BCUT2D eigenvalue weighted by molar-refractivity contribution is 5.80. The second-order valence-corrected chi connectivity index (χ2v) is 7.24. The van der Waals surface area contributed by atoms with Gasteiger partial charge in [0.2, 0.25) is 11.8 Å². The number of amides is 2. The van der Waals surface area contributed by atoms with E-state index in [1.54, 1.807) is 12.1 Å². The molecule has 1 unspecified atom stereocenters. The van der Waals surface area contributed by atoms with Crippen LogP contribution >= 0.6 is 0 Å². The summed E-state index contributed by atoms with van der Waals surface area (Å²) in [5, 5.41) is 2.91. The molecule has 2 aliphatic rings. The van der Waals surface area contributed by atoms with Gasteiger partial charge < -0.3 is 15.0 Å². The van der Waals surface area contributed by atoms with Crippen molar-refractivity contribution < 1.29 is 18.7 Å². The molecule has 3 rings (SSSR count). The van der Waals surface area contributed by atoms with Gasteiger partial charge in [-0.3, -0.25) is 14.5 Å². The van der Waals surface area contributed by atoms with E-state index < -0.39 is 0 Å². The van der Waals surface area contributed by atoms with Gasteiger partial charge in [-0.15, -0.1) is 0 Å². The minimum Gasteiger partial charge on any atom is -0.378 e. The van der Waals surface area contributed by atoms with Crippen LogP contribution in [0.15, 0.2) is 24.3 Å². The number of carbonyl (C=O) groups is 2. The molecule has 1 aromatic carbocycles. The first-order valence-corrected chi connectivity index (χ1v) is 9.72. The van der Waals surface area contributed by atoms with E-state index in [4.69, 9.17) is 4.74 Å². The normalized spacial score (nSPS) is 21.1. The van der Waals surface area contributed by atoms with Crippen molar-refractivity contribution >= 4 is 11.8 Å². The number of carbonyl (C=O) groups excluding carboxylic acids is 2. The maximum Gasteiger partial charge on any atom is 0.234 e. The van der Waals surface area contributed by atoms with Crippen molar-refractivity contribution in [2.24, 2.45) is 5.92 Å². The van der Waals surface area contributed by atoms with Gasteiger partial charge in [0.1, 0.15) is 5.82 Å². The molecule has 2 fully saturated rings. The first-order valence-electron chi connectivity index (χ1n) is 9.72. The molecule has 2 saturated heterocycles. The van der Waals surface area contributed by atoms with Gasteiger partial charge in [-0.05, 0) is 43.5 Å². The number of nitrogens with one attached hydrogen (secondary N) is 1. The number of ether oxygens (including phenoxy) is 1. The van der Waals surface area contributed by atoms with Crippen LogP contribution in [0.4, 0.5) is 4.39 Å². The lowest BCUT2D eigenvalue weighted by molar-refractivity contribution is -0.142. The maximum atomic E-state index is 12.9. The Morgan fingerprint density at radius 3 is 2.63 bits per heavy atom. The van der Waals surface area contributed by atoms with Gasteiger partial charge in [0.05, 0.1) is 25.7 Å². The molecule has 2 amide bonds. The zero-order chi connectivity index (χ0) is 19.1. The highest BCUT2D eigenvalue weighted by Gasteiger charge is 2.30. The third-order valence-electron chi connectivity index (χ3n) is 5.19. The number of hydrogen-bond acceptors (Lipinski definition) is 4. The number of hydrogen-bond donors (Lipinski definition) is 1. The van der Waals surface area contributed by atoms with E-state index in [2.05, 4.69) is 10.2 Å². The predicted octanol–water partition coefficient (Wildman–Crippen LogP) is 1.06. The first kappa shape index (κ1) is 19.8. The zero-order valence-corrected chi connectivity index (χ0v) is 15.7. The van der Waals surface area contributed by atoms with Crippen molar-refractivity contribution in [3.8, 4) is 0 Å². The molecule has 2 aliphatic heterocycles. The van der Waals surface area contributed by atoms with Gasteiger partial charge in [0.25, 0.3) is 0 Å². The van der Waals surface area contributed by atoms with Crippen LogP contribution in [0, 0.1) is 11.7 Å². The van der Waals surface area contributed by atoms with Crippen molar-refractivity contribution in [1.82, 2.24) is 15.1 Å². The van der Waals surface area contributed by atoms with Crippen LogP contribution in [0.1, 0.15) is 18.4 Å². The van der Waals surface area contributed by atoms with Crippen LogP contribution in [0.3, 0.4) is 0 Å². The Labute approximate surface area is 159 Å². The number of nitrogens with zero attached hydrogens (tertiary/aromatic N) is 2. The van der Waals surface area contributed by atoms with E-state index in [1.807, 2.05) is 4.90 Å². The van der Waals surface area contributed by atoms with Crippen LogP contribution in [0.5, 0.6) is 0 Å². The van der Waals surface area contributed by atoms with Crippen LogP contribution in [0.25, 0.3) is 0 Å². The fraction of sp³-hybridized carbons (Fsp3) is 0.600. The topological polar surface area (TPSA) is 61.9 Å². The highest BCUT2D eigenvalue weighted by Crippen LogP contribution is 2.19. The molecule has 0 radical (unpaired) electrons. The fourth-order valence-electron chi connectivity index (χ4n) is 3.70. The Bertz CT molecular complexity index is 632. The summed E-state index contributed by atoms with van der Waals surface area (Å²) in [6.07, 6.45) is 2.49. The van der Waals surface area contributed by atoms with Gasteiger partial charge in [-0.25, -0.2) is 4.39 Å². The lowest BCUT2D eigenvalue weighted by Gasteiger charge is -2.35. The monoisotopic (exact) mass is 377 g/mol. The second-order valence-electron chi connectivity index (χ2n) is 7.24. The summed E-state index contributed by atoms with van der Waals surface area (Å²) in [5.74, 6) is -0.116. The number of benzene rings is 1. The minimum absolute atomic E-state index is 0.0242. The second kappa shape index (κ2) is 9.80. The minimum atomic E-state index is -0.255. The molecule has 27 heavy (non-hydrogen) atoms. The molecule has 0 aliphatic carbocycles. The van der Waals surface area contributed by atoms with E-state index in [0.29, 0.717) is 52.4 Å². The lowest BCUT2D eigenvalue weighted by atomic mass is 9.96. The van der Waals surface area contributed by atoms with Crippen LogP contribution in [-0.4, -0.2) is 74.1 Å². The quantitative estimate of drug-likeness (QED) is 0.805. The third kappa shape index (κ3) is 6.01. The van der Waals surface area contributed by atoms with E-state index in [9.17, 15) is 14.0 Å². The molecule has 1 N–H and O–H groups in total. The predicted molar refractivity (Wildman–Crippen MR) is 99.7 cm³/mol. The van der Waals surface area contributed by atoms with E-state index in [0.717, 1.165) is 24.9 Å². The summed E-state index contributed by atoms with van der Waals surface area (Å²) < 4.78 is 18.2. The molecule has 0 saturated carbocycles. The summed E-state index contributed by atoms with van der Waals surface area (Å²) in [7, 11) is 0. The molecule has 1 atom stereocenters. The number of piperidine rings is 1. The summed E-state index contributed by atoms with van der Waals surface area (Å²) in [6.45, 7) is 4.88. The van der Waals surface area contributed by atoms with E-state index in [-0.39, 0.29) is 23.5 Å². The molecule has 148 valence electrons. The average molecular weight is 377 g/mol. The number of morpholine rings is 1. The van der Waals surface area contributed by atoms with Crippen molar-refractivity contribution in [3.05, 3.63) is 35.6 Å². The van der Waals surface area contributed by atoms with E-state index in [1.165, 1.54) is 12.1 Å².